The molecule has 0 aliphatic heterocycles. The van der Waals surface area contributed by atoms with Crippen molar-refractivity contribution >= 4 is 15.9 Å². The maximum Gasteiger partial charge on any atom is 0.406 e. The molecule has 2 nitrogen and oxygen atoms in total. The van der Waals surface area contributed by atoms with E-state index in [1.165, 1.54) is 12.4 Å². The molecule has 0 unspecified atom stereocenters. The smallest absolute Gasteiger partial charge is 0.326 e. The van der Waals surface area contributed by atoms with Crippen LogP contribution in [0.5, 0.6) is 0 Å². The number of benzene rings is 1. The van der Waals surface area contributed by atoms with Crippen molar-refractivity contribution in [2.45, 2.75) is 19.1 Å². The van der Waals surface area contributed by atoms with Crippen molar-refractivity contribution < 1.29 is 13.2 Å². The monoisotopic (exact) mass is 318 g/mol. The lowest BCUT2D eigenvalue weighted by Crippen LogP contribution is -2.19. The highest BCUT2D eigenvalue weighted by Crippen LogP contribution is 2.19. The molecule has 0 saturated heterocycles. The van der Waals surface area contributed by atoms with E-state index in [-0.39, 0.29) is 0 Å². The Hall–Kier alpha value is -1.30. The first-order valence-electron chi connectivity index (χ1n) is 5.25. The summed E-state index contributed by atoms with van der Waals surface area (Å²) in [4.78, 5) is 3.97. The third-order valence-corrected chi connectivity index (χ3v) is 2.96. The van der Waals surface area contributed by atoms with Gasteiger partial charge in [-0.15, -0.1) is 0 Å². The Kier molecular flexibility index (Phi) is 3.75. The van der Waals surface area contributed by atoms with Crippen LogP contribution in [-0.4, -0.2) is 15.7 Å². The first-order chi connectivity index (χ1) is 8.44. The second-order valence-electron chi connectivity index (χ2n) is 3.89. The van der Waals surface area contributed by atoms with Crippen LogP contribution in [0.3, 0.4) is 0 Å². The molecule has 1 heterocycles. The number of hydrogen-bond donors (Lipinski definition) is 0. The fourth-order valence-corrected chi connectivity index (χ4v) is 1.89. The number of aromatic nitrogens is 2. The van der Waals surface area contributed by atoms with Crippen molar-refractivity contribution in [3.05, 3.63) is 52.5 Å². The number of hydrogen-bond acceptors (Lipinski definition) is 1. The second-order valence-corrected chi connectivity index (χ2v) is 4.81. The van der Waals surface area contributed by atoms with Gasteiger partial charge in [-0.2, -0.15) is 13.2 Å². The Morgan fingerprint density at radius 3 is 2.44 bits per heavy atom. The van der Waals surface area contributed by atoms with E-state index in [0.717, 1.165) is 14.6 Å². The largest absolute Gasteiger partial charge is 0.406 e. The van der Waals surface area contributed by atoms with Crippen LogP contribution in [0, 0.1) is 0 Å². The predicted octanol–water partition coefficient (Wildman–Crippen LogP) is 3.80. The van der Waals surface area contributed by atoms with Gasteiger partial charge in [0.2, 0.25) is 0 Å². The maximum atomic E-state index is 12.3. The third-order valence-electron chi connectivity index (χ3n) is 2.43. The van der Waals surface area contributed by atoms with Gasteiger partial charge in [0.1, 0.15) is 12.4 Å². The van der Waals surface area contributed by atoms with E-state index in [9.17, 15) is 13.2 Å². The van der Waals surface area contributed by atoms with E-state index in [1.54, 1.807) is 0 Å². The highest BCUT2D eigenvalue weighted by molar-refractivity contribution is 9.10. The van der Waals surface area contributed by atoms with Gasteiger partial charge < -0.3 is 4.57 Å². The van der Waals surface area contributed by atoms with Crippen molar-refractivity contribution in [3.63, 3.8) is 0 Å². The minimum Gasteiger partial charge on any atom is -0.326 e. The normalized spacial score (nSPS) is 11.8. The van der Waals surface area contributed by atoms with Crippen molar-refractivity contribution in [3.8, 4) is 0 Å². The van der Waals surface area contributed by atoms with Crippen molar-refractivity contribution in [2.75, 3.05) is 0 Å². The molecule has 0 radical (unpaired) electrons. The molecule has 0 saturated carbocycles. The van der Waals surface area contributed by atoms with Crippen LogP contribution in [0.25, 0.3) is 0 Å². The zero-order valence-corrected chi connectivity index (χ0v) is 10.9. The molecule has 0 bridgehead atoms. The van der Waals surface area contributed by atoms with Gasteiger partial charge in [0.05, 0.1) is 0 Å². The predicted molar refractivity (Wildman–Crippen MR) is 65.2 cm³/mol. The van der Waals surface area contributed by atoms with Crippen molar-refractivity contribution in [1.82, 2.24) is 9.55 Å². The molecule has 2 rings (SSSR count). The summed E-state index contributed by atoms with van der Waals surface area (Å²) in [6.45, 7) is -1.00. The Balaban J connectivity index is 2.15. The summed E-state index contributed by atoms with van der Waals surface area (Å²) >= 11 is 3.31. The van der Waals surface area contributed by atoms with Gasteiger partial charge in [-0.05, 0) is 17.7 Å². The molecule has 96 valence electrons. The van der Waals surface area contributed by atoms with Crippen LogP contribution in [0.4, 0.5) is 13.2 Å². The van der Waals surface area contributed by atoms with Crippen LogP contribution >= 0.6 is 15.9 Å². The molecule has 0 N–H and O–H groups in total. The van der Waals surface area contributed by atoms with Gasteiger partial charge >= 0.3 is 6.18 Å². The molecule has 0 spiro atoms. The Labute approximate surface area is 111 Å². The minimum absolute atomic E-state index is 0.385. The van der Waals surface area contributed by atoms with Gasteiger partial charge in [0.25, 0.3) is 0 Å². The van der Waals surface area contributed by atoms with Crippen LogP contribution in [0.1, 0.15) is 11.4 Å². The summed E-state index contributed by atoms with van der Waals surface area (Å²) in [5.74, 6) is 0.412. The van der Waals surface area contributed by atoms with Crippen LogP contribution < -0.4 is 0 Å². The summed E-state index contributed by atoms with van der Waals surface area (Å²) < 4.78 is 39.1. The Morgan fingerprint density at radius 2 is 1.83 bits per heavy atom. The Morgan fingerprint density at radius 1 is 1.17 bits per heavy atom. The second kappa shape index (κ2) is 5.14. The van der Waals surface area contributed by atoms with Gasteiger partial charge in [0, 0.05) is 23.3 Å². The average Bonchev–Trinajstić information content (AvgIpc) is 2.67. The zero-order valence-electron chi connectivity index (χ0n) is 9.28. The number of rotatable bonds is 3. The lowest BCUT2D eigenvalue weighted by Gasteiger charge is -2.10. The number of imidazole rings is 1. The average molecular weight is 319 g/mol. The highest BCUT2D eigenvalue weighted by atomic mass is 79.9. The highest BCUT2D eigenvalue weighted by Gasteiger charge is 2.28. The lowest BCUT2D eigenvalue weighted by atomic mass is 10.1. The van der Waals surface area contributed by atoms with Crippen molar-refractivity contribution in [2.24, 2.45) is 0 Å². The third kappa shape index (κ3) is 3.60. The number of nitrogens with zero attached hydrogens (tertiary/aromatic N) is 2. The van der Waals surface area contributed by atoms with Gasteiger partial charge in [-0.3, -0.25) is 0 Å². The van der Waals surface area contributed by atoms with Crippen LogP contribution in [0.15, 0.2) is 41.1 Å². The summed E-state index contributed by atoms with van der Waals surface area (Å²) in [5.41, 5.74) is 0.924. The zero-order chi connectivity index (χ0) is 13.2. The molecule has 0 atom stereocenters. The topological polar surface area (TPSA) is 17.8 Å². The first kappa shape index (κ1) is 13.1. The summed E-state index contributed by atoms with van der Waals surface area (Å²) in [7, 11) is 0. The molecule has 1 aromatic carbocycles. The molecule has 0 aliphatic carbocycles. The Bertz CT molecular complexity index is 517. The van der Waals surface area contributed by atoms with E-state index in [1.807, 2.05) is 24.3 Å². The van der Waals surface area contributed by atoms with Gasteiger partial charge in [-0.1, -0.05) is 28.1 Å². The SMILES string of the molecule is FC(F)(F)Cn1ccnc1Cc1ccc(Br)cc1. The molecular weight excluding hydrogens is 309 g/mol. The van der Waals surface area contributed by atoms with Gasteiger partial charge in [0.15, 0.2) is 0 Å². The van der Waals surface area contributed by atoms with Crippen molar-refractivity contribution in [1.29, 1.82) is 0 Å². The molecule has 1 aromatic heterocycles. The molecule has 18 heavy (non-hydrogen) atoms. The minimum atomic E-state index is -4.23. The van der Waals surface area contributed by atoms with E-state index in [2.05, 4.69) is 20.9 Å². The summed E-state index contributed by atoms with van der Waals surface area (Å²) in [6.07, 6.45) is -1.10. The molecule has 2 aromatic rings. The van der Waals surface area contributed by atoms with Gasteiger partial charge in [-0.25, -0.2) is 4.98 Å². The summed E-state index contributed by atoms with van der Waals surface area (Å²) in [6, 6.07) is 7.42. The number of halogens is 4. The van der Waals surface area contributed by atoms with E-state index < -0.39 is 12.7 Å². The van der Waals surface area contributed by atoms with E-state index >= 15 is 0 Å². The molecule has 6 heteroatoms. The number of alkyl halides is 3. The van der Waals surface area contributed by atoms with Crippen LogP contribution in [0.2, 0.25) is 0 Å². The fourth-order valence-electron chi connectivity index (χ4n) is 1.63. The molecular formula is C12H10BrF3N2. The van der Waals surface area contributed by atoms with Crippen LogP contribution in [-0.2, 0) is 13.0 Å². The molecule has 0 fully saturated rings. The first-order valence-corrected chi connectivity index (χ1v) is 6.04. The molecule has 0 amide bonds. The molecule has 0 aliphatic rings. The maximum absolute atomic E-state index is 12.3. The van der Waals surface area contributed by atoms with E-state index in [4.69, 9.17) is 0 Å². The summed E-state index contributed by atoms with van der Waals surface area (Å²) in [5, 5.41) is 0. The fraction of sp³-hybridized carbons (Fsp3) is 0.250. The lowest BCUT2D eigenvalue weighted by molar-refractivity contribution is -0.141. The van der Waals surface area contributed by atoms with E-state index in [0.29, 0.717) is 12.2 Å². The quantitative estimate of drug-likeness (QED) is 0.841. The standard InChI is InChI=1S/C12H10BrF3N2/c13-10-3-1-9(2-4-10)7-11-17-5-6-18(11)8-12(14,15)16/h1-6H,7-8H2.